The van der Waals surface area contributed by atoms with Crippen LogP contribution in [0.15, 0.2) is 41.5 Å². The minimum atomic E-state index is 0.350. The van der Waals surface area contributed by atoms with Gasteiger partial charge in [0.05, 0.1) is 18.5 Å². The molecule has 0 aliphatic carbocycles. The van der Waals surface area contributed by atoms with Gasteiger partial charge in [-0.15, -0.1) is 0 Å². The minimum absolute atomic E-state index is 0.350. The number of ether oxygens (including phenoxy) is 1. The maximum absolute atomic E-state index is 5.54. The Morgan fingerprint density at radius 3 is 2.71 bits per heavy atom. The van der Waals surface area contributed by atoms with Gasteiger partial charge in [0.25, 0.3) is 0 Å². The molecule has 180 valence electrons. The fourth-order valence-electron chi connectivity index (χ4n) is 6.27. The summed E-state index contributed by atoms with van der Waals surface area (Å²) in [7, 11) is 1.73. The highest BCUT2D eigenvalue weighted by Gasteiger charge is 2.42. The number of pyridine rings is 1. The van der Waals surface area contributed by atoms with E-state index in [1.54, 1.807) is 7.11 Å². The van der Waals surface area contributed by atoms with Crippen molar-refractivity contribution in [1.29, 1.82) is 0 Å². The van der Waals surface area contributed by atoms with Crippen molar-refractivity contribution in [2.45, 2.75) is 31.7 Å². The topological polar surface area (TPSA) is 65.0 Å². The first-order valence-corrected chi connectivity index (χ1v) is 12.9. The lowest BCUT2D eigenvalue weighted by Gasteiger charge is -2.37. The molecule has 3 fully saturated rings. The Hall–Kier alpha value is -2.48. The van der Waals surface area contributed by atoms with E-state index >= 15 is 0 Å². The van der Waals surface area contributed by atoms with Crippen LogP contribution in [0.3, 0.4) is 0 Å². The number of methoxy groups -OCH3 is 1. The van der Waals surface area contributed by atoms with Crippen molar-refractivity contribution in [3.8, 4) is 5.75 Å². The average Bonchev–Trinajstić information content (AvgIpc) is 3.31. The number of piperidine rings is 1. The smallest absolute Gasteiger partial charge is 0.128 e. The summed E-state index contributed by atoms with van der Waals surface area (Å²) >= 11 is 0. The number of aliphatic imine (C=N–C) groups is 1. The Morgan fingerprint density at radius 2 is 1.94 bits per heavy atom. The van der Waals surface area contributed by atoms with Gasteiger partial charge in [-0.3, -0.25) is 9.89 Å². The molecule has 1 aromatic heterocycles. The van der Waals surface area contributed by atoms with Gasteiger partial charge >= 0.3 is 0 Å². The van der Waals surface area contributed by atoms with E-state index in [1.807, 2.05) is 6.20 Å². The Morgan fingerprint density at radius 1 is 1.03 bits per heavy atom. The molecule has 5 heterocycles. The molecule has 0 amide bonds. The second-order valence-electron chi connectivity index (χ2n) is 10.3. The highest BCUT2D eigenvalue weighted by molar-refractivity contribution is 6.03. The van der Waals surface area contributed by atoms with Gasteiger partial charge in [0.2, 0.25) is 0 Å². The van der Waals surface area contributed by atoms with Crippen LogP contribution in [-0.4, -0.2) is 75.1 Å². The molecule has 4 aliphatic rings. The molecular weight excluding hydrogens is 424 g/mol. The number of nitrogens with zero attached hydrogens (tertiary/aromatic N) is 4. The summed E-state index contributed by atoms with van der Waals surface area (Å²) in [5.74, 6) is 1.93. The van der Waals surface area contributed by atoms with Crippen molar-refractivity contribution >= 4 is 17.2 Å². The molecule has 0 saturated carbocycles. The second-order valence-corrected chi connectivity index (χ2v) is 10.3. The molecule has 4 aliphatic heterocycles. The molecule has 2 N–H and O–H groups in total. The number of hydrogen-bond donors (Lipinski definition) is 2. The highest BCUT2D eigenvalue weighted by Crippen LogP contribution is 2.45. The Bertz CT molecular complexity index is 1040. The lowest BCUT2D eigenvalue weighted by molar-refractivity contribution is 0.175. The van der Waals surface area contributed by atoms with Crippen LogP contribution in [0.25, 0.3) is 0 Å². The number of aromatic nitrogens is 1. The molecule has 7 heteroatoms. The Labute approximate surface area is 202 Å². The summed E-state index contributed by atoms with van der Waals surface area (Å²) in [5.41, 5.74) is 5.07. The van der Waals surface area contributed by atoms with Crippen LogP contribution in [0, 0.1) is 5.41 Å². The molecule has 1 aromatic carbocycles. The number of hydrogen-bond acceptors (Lipinski definition) is 7. The first-order chi connectivity index (χ1) is 16.7. The molecule has 1 spiro atoms. The number of nitrogens with one attached hydrogen (secondary N) is 2. The first-order valence-electron chi connectivity index (χ1n) is 12.9. The average molecular weight is 461 g/mol. The molecule has 2 aromatic rings. The maximum Gasteiger partial charge on any atom is 0.128 e. The van der Waals surface area contributed by atoms with Gasteiger partial charge in [-0.05, 0) is 61.5 Å². The van der Waals surface area contributed by atoms with Crippen molar-refractivity contribution in [2.75, 3.05) is 64.4 Å². The van der Waals surface area contributed by atoms with Crippen LogP contribution in [0.2, 0.25) is 0 Å². The third-order valence-corrected chi connectivity index (χ3v) is 8.23. The van der Waals surface area contributed by atoms with E-state index in [0.717, 1.165) is 74.2 Å². The van der Waals surface area contributed by atoms with Gasteiger partial charge < -0.3 is 20.3 Å². The number of likely N-dealkylation sites (tertiary alicyclic amines) is 1. The summed E-state index contributed by atoms with van der Waals surface area (Å²) in [6.07, 6.45) is 6.88. The zero-order chi connectivity index (χ0) is 23.0. The standard InChI is InChI=1S/C27H36N6O/c1-34-21-4-5-22-24(15-21)31-23(20-3-6-26(30-17-20)32-13-10-28-11-14-32)16-25(22)33-12-8-27(19-33)7-2-9-29-18-27/h3-6,15,17,25,28-29H,2,7-14,16,18-19H2,1H3. The van der Waals surface area contributed by atoms with E-state index in [2.05, 4.69) is 50.8 Å². The number of fused-ring (bicyclic) bond motifs is 1. The second kappa shape index (κ2) is 9.29. The van der Waals surface area contributed by atoms with Crippen LogP contribution >= 0.6 is 0 Å². The lowest BCUT2D eigenvalue weighted by atomic mass is 9.80. The molecule has 3 saturated heterocycles. The summed E-state index contributed by atoms with van der Waals surface area (Å²) in [6.45, 7) is 8.70. The van der Waals surface area contributed by atoms with Gasteiger partial charge in [-0.1, -0.05) is 6.07 Å². The van der Waals surface area contributed by atoms with Crippen molar-refractivity contribution in [3.63, 3.8) is 0 Å². The van der Waals surface area contributed by atoms with Gasteiger partial charge in [0.1, 0.15) is 11.6 Å². The molecule has 7 nitrogen and oxygen atoms in total. The number of benzene rings is 1. The van der Waals surface area contributed by atoms with Crippen molar-refractivity contribution in [2.24, 2.45) is 10.4 Å². The van der Waals surface area contributed by atoms with Gasteiger partial charge in [0.15, 0.2) is 0 Å². The number of rotatable bonds is 4. The SMILES string of the molecule is COc1ccc2c(c1)N=C(c1ccc(N3CCNCC3)nc1)CC2N1CCC2(CCCNC2)C1. The van der Waals surface area contributed by atoms with E-state index in [-0.39, 0.29) is 0 Å². The molecule has 2 atom stereocenters. The predicted octanol–water partition coefficient (Wildman–Crippen LogP) is 3.14. The van der Waals surface area contributed by atoms with Crippen LogP contribution < -0.4 is 20.3 Å². The van der Waals surface area contributed by atoms with Gasteiger partial charge in [-0.25, -0.2) is 4.98 Å². The van der Waals surface area contributed by atoms with Crippen LogP contribution in [0.1, 0.15) is 42.9 Å². The third-order valence-electron chi connectivity index (χ3n) is 8.23. The van der Waals surface area contributed by atoms with Crippen LogP contribution in [-0.2, 0) is 0 Å². The number of anilines is 1. The zero-order valence-electron chi connectivity index (χ0n) is 20.2. The highest BCUT2D eigenvalue weighted by atomic mass is 16.5. The van der Waals surface area contributed by atoms with Crippen molar-refractivity contribution < 1.29 is 4.74 Å². The summed E-state index contributed by atoms with van der Waals surface area (Å²) in [5, 5.41) is 7.07. The fraction of sp³-hybridized carbons (Fsp3) is 0.556. The summed E-state index contributed by atoms with van der Waals surface area (Å²) < 4.78 is 5.54. The largest absolute Gasteiger partial charge is 0.497 e. The summed E-state index contributed by atoms with van der Waals surface area (Å²) in [4.78, 5) is 15.0. The normalized spacial score (nSPS) is 27.5. The van der Waals surface area contributed by atoms with Gasteiger partial charge in [-0.2, -0.15) is 0 Å². The monoisotopic (exact) mass is 460 g/mol. The molecular formula is C27H36N6O. The van der Waals surface area contributed by atoms with Crippen molar-refractivity contribution in [1.82, 2.24) is 20.5 Å². The lowest BCUT2D eigenvalue weighted by Crippen LogP contribution is -2.43. The van der Waals surface area contributed by atoms with E-state index in [0.29, 0.717) is 11.5 Å². The summed E-state index contributed by atoms with van der Waals surface area (Å²) in [6, 6.07) is 11.1. The number of piperazine rings is 1. The van der Waals surface area contributed by atoms with Crippen LogP contribution in [0.4, 0.5) is 11.5 Å². The molecule has 0 radical (unpaired) electrons. The van der Waals surface area contributed by atoms with E-state index in [1.165, 1.54) is 37.9 Å². The Kier molecular flexibility index (Phi) is 6.01. The van der Waals surface area contributed by atoms with E-state index < -0.39 is 0 Å². The first kappa shape index (κ1) is 22.0. The third kappa shape index (κ3) is 4.21. The Balaban J connectivity index is 1.29. The molecule has 0 bridgehead atoms. The van der Waals surface area contributed by atoms with Gasteiger partial charge in [0, 0.05) is 69.6 Å². The predicted molar refractivity (Wildman–Crippen MR) is 137 cm³/mol. The minimum Gasteiger partial charge on any atom is -0.497 e. The van der Waals surface area contributed by atoms with E-state index in [9.17, 15) is 0 Å². The molecule has 6 rings (SSSR count). The van der Waals surface area contributed by atoms with Crippen LogP contribution in [0.5, 0.6) is 5.75 Å². The maximum atomic E-state index is 5.54. The van der Waals surface area contributed by atoms with E-state index in [4.69, 9.17) is 14.7 Å². The quantitative estimate of drug-likeness (QED) is 0.731. The van der Waals surface area contributed by atoms with Crippen molar-refractivity contribution in [3.05, 3.63) is 47.7 Å². The fourth-order valence-corrected chi connectivity index (χ4v) is 6.27. The molecule has 34 heavy (non-hydrogen) atoms. The zero-order valence-corrected chi connectivity index (χ0v) is 20.2. The molecule has 2 unspecified atom stereocenters.